The monoisotopic (exact) mass is 252 g/mol. The fourth-order valence-electron chi connectivity index (χ4n) is 1.81. The molecule has 0 spiro atoms. The molecule has 1 aromatic rings. The fraction of sp³-hybridized carbons (Fsp3) is 0.462. The van der Waals surface area contributed by atoms with Crippen LogP contribution in [0.25, 0.3) is 0 Å². The Balaban J connectivity index is 1.94. The van der Waals surface area contributed by atoms with Crippen molar-refractivity contribution in [1.29, 1.82) is 0 Å². The Morgan fingerprint density at radius 2 is 2.11 bits per heavy atom. The summed E-state index contributed by atoms with van der Waals surface area (Å²) in [6.45, 7) is 1.64. The molecule has 1 aliphatic heterocycles. The number of aliphatic hydroxyl groups is 2. The predicted octanol–water partition coefficient (Wildman–Crippen LogP) is 0.620. The van der Waals surface area contributed by atoms with E-state index in [1.807, 2.05) is 19.1 Å². The number of rotatable bonds is 3. The summed E-state index contributed by atoms with van der Waals surface area (Å²) in [5, 5.41) is 18.4. The maximum Gasteiger partial charge on any atom is 0.340 e. The van der Waals surface area contributed by atoms with Gasteiger partial charge in [0, 0.05) is 6.42 Å². The molecule has 2 N–H and O–H groups in total. The lowest BCUT2D eigenvalue weighted by Gasteiger charge is -2.12. The number of aliphatic hydroxyl groups excluding tert-OH is 2. The minimum Gasteiger partial charge on any atom is -0.432 e. The van der Waals surface area contributed by atoms with Gasteiger partial charge < -0.3 is 19.7 Å². The summed E-state index contributed by atoms with van der Waals surface area (Å²) in [4.78, 5) is 11.8. The molecule has 18 heavy (non-hydrogen) atoms. The second-order valence-corrected chi connectivity index (χ2v) is 4.36. The molecule has 0 bridgehead atoms. The largest absolute Gasteiger partial charge is 0.432 e. The SMILES string of the molecule is Cc1ccc(C(=O)OC2C[C@H](O)[C@@H](CO)O2)cc1. The average molecular weight is 252 g/mol. The van der Waals surface area contributed by atoms with Gasteiger partial charge in [-0.15, -0.1) is 0 Å². The minimum absolute atomic E-state index is 0.183. The Hall–Kier alpha value is -1.43. The van der Waals surface area contributed by atoms with Crippen molar-refractivity contribution in [2.45, 2.75) is 31.8 Å². The number of carbonyl (C=O) groups excluding carboxylic acids is 1. The number of esters is 1. The smallest absolute Gasteiger partial charge is 0.340 e. The lowest BCUT2D eigenvalue weighted by molar-refractivity contribution is -0.115. The zero-order valence-electron chi connectivity index (χ0n) is 10.1. The maximum absolute atomic E-state index is 11.8. The minimum atomic E-state index is -0.800. The van der Waals surface area contributed by atoms with Crippen LogP contribution in [0.5, 0.6) is 0 Å². The van der Waals surface area contributed by atoms with Gasteiger partial charge in [-0.1, -0.05) is 17.7 Å². The van der Waals surface area contributed by atoms with Gasteiger partial charge in [0.15, 0.2) is 0 Å². The maximum atomic E-state index is 11.8. The van der Waals surface area contributed by atoms with Crippen LogP contribution in [0.15, 0.2) is 24.3 Å². The Morgan fingerprint density at radius 3 is 2.67 bits per heavy atom. The molecule has 1 fully saturated rings. The Morgan fingerprint density at radius 1 is 1.44 bits per heavy atom. The van der Waals surface area contributed by atoms with Crippen molar-refractivity contribution in [3.05, 3.63) is 35.4 Å². The Labute approximate surface area is 105 Å². The first-order valence-corrected chi connectivity index (χ1v) is 5.82. The summed E-state index contributed by atoms with van der Waals surface area (Å²) in [7, 11) is 0. The summed E-state index contributed by atoms with van der Waals surface area (Å²) in [6.07, 6.45) is -2.10. The average Bonchev–Trinajstić information content (AvgIpc) is 2.70. The Bertz CT molecular complexity index is 414. The summed E-state index contributed by atoms with van der Waals surface area (Å²) in [5.41, 5.74) is 1.49. The highest BCUT2D eigenvalue weighted by Gasteiger charge is 2.35. The van der Waals surface area contributed by atoms with Crippen LogP contribution in [0.3, 0.4) is 0 Å². The first kappa shape index (κ1) is 13.0. The van der Waals surface area contributed by atoms with Crippen LogP contribution in [-0.2, 0) is 9.47 Å². The highest BCUT2D eigenvalue weighted by Crippen LogP contribution is 2.22. The van der Waals surface area contributed by atoms with E-state index < -0.39 is 24.5 Å². The summed E-state index contributed by atoms with van der Waals surface area (Å²) >= 11 is 0. The van der Waals surface area contributed by atoms with Gasteiger partial charge in [0.25, 0.3) is 0 Å². The van der Waals surface area contributed by atoms with Gasteiger partial charge >= 0.3 is 5.97 Å². The van der Waals surface area contributed by atoms with E-state index in [1.54, 1.807) is 12.1 Å². The van der Waals surface area contributed by atoms with Crippen molar-refractivity contribution in [3.63, 3.8) is 0 Å². The van der Waals surface area contributed by atoms with E-state index in [-0.39, 0.29) is 13.0 Å². The van der Waals surface area contributed by atoms with Crippen LogP contribution in [0.4, 0.5) is 0 Å². The van der Waals surface area contributed by atoms with E-state index >= 15 is 0 Å². The van der Waals surface area contributed by atoms with Crippen molar-refractivity contribution in [1.82, 2.24) is 0 Å². The second-order valence-electron chi connectivity index (χ2n) is 4.36. The highest BCUT2D eigenvalue weighted by molar-refractivity contribution is 5.89. The van der Waals surface area contributed by atoms with Crippen LogP contribution < -0.4 is 0 Å². The number of hydrogen-bond donors (Lipinski definition) is 2. The van der Waals surface area contributed by atoms with Crippen LogP contribution in [0.2, 0.25) is 0 Å². The number of hydrogen-bond acceptors (Lipinski definition) is 5. The van der Waals surface area contributed by atoms with E-state index in [9.17, 15) is 9.90 Å². The first-order valence-electron chi connectivity index (χ1n) is 5.82. The summed E-state index contributed by atoms with van der Waals surface area (Å²) < 4.78 is 10.3. The van der Waals surface area contributed by atoms with Crippen LogP contribution in [0.1, 0.15) is 22.3 Å². The van der Waals surface area contributed by atoms with E-state index in [0.29, 0.717) is 5.56 Å². The third kappa shape index (κ3) is 2.87. The van der Waals surface area contributed by atoms with Gasteiger partial charge in [-0.05, 0) is 19.1 Å². The van der Waals surface area contributed by atoms with Gasteiger partial charge in [0.1, 0.15) is 6.10 Å². The third-order valence-corrected chi connectivity index (χ3v) is 2.90. The number of aryl methyl sites for hydroxylation is 1. The highest BCUT2D eigenvalue weighted by atomic mass is 16.7. The third-order valence-electron chi connectivity index (χ3n) is 2.90. The van der Waals surface area contributed by atoms with Crippen molar-refractivity contribution >= 4 is 5.97 Å². The lowest BCUT2D eigenvalue weighted by atomic mass is 10.1. The van der Waals surface area contributed by atoms with Crippen molar-refractivity contribution < 1.29 is 24.5 Å². The molecule has 98 valence electrons. The molecule has 1 aliphatic rings. The van der Waals surface area contributed by atoms with Crippen LogP contribution in [0, 0.1) is 6.92 Å². The standard InChI is InChI=1S/C13H16O5/c1-8-2-4-9(5-3-8)13(16)18-12-6-10(15)11(7-14)17-12/h2-5,10-12,14-15H,6-7H2,1H3/t10-,11+,12?/m0/s1. The zero-order valence-corrected chi connectivity index (χ0v) is 10.1. The number of carbonyl (C=O) groups is 1. The van der Waals surface area contributed by atoms with Crippen molar-refractivity contribution in [2.24, 2.45) is 0 Å². The molecular formula is C13H16O5. The van der Waals surface area contributed by atoms with Crippen molar-refractivity contribution in [2.75, 3.05) is 6.61 Å². The van der Waals surface area contributed by atoms with E-state index in [1.165, 1.54) is 0 Å². The summed E-state index contributed by atoms with van der Waals surface area (Å²) in [5.74, 6) is -0.495. The van der Waals surface area contributed by atoms with Crippen LogP contribution >= 0.6 is 0 Å². The summed E-state index contributed by atoms with van der Waals surface area (Å²) in [6, 6.07) is 6.98. The molecule has 3 atom stereocenters. The topological polar surface area (TPSA) is 76.0 Å². The molecule has 0 amide bonds. The quantitative estimate of drug-likeness (QED) is 0.771. The molecular weight excluding hydrogens is 236 g/mol. The van der Waals surface area contributed by atoms with Gasteiger partial charge in [0.2, 0.25) is 6.29 Å². The number of ether oxygens (including phenoxy) is 2. The molecule has 0 saturated carbocycles. The van der Waals surface area contributed by atoms with Crippen LogP contribution in [-0.4, -0.2) is 41.3 Å². The molecule has 0 radical (unpaired) electrons. The Kier molecular flexibility index (Phi) is 3.96. The molecule has 0 aliphatic carbocycles. The number of benzene rings is 1. The second kappa shape index (κ2) is 5.48. The van der Waals surface area contributed by atoms with Gasteiger partial charge in [-0.25, -0.2) is 4.79 Å². The van der Waals surface area contributed by atoms with E-state index in [2.05, 4.69) is 0 Å². The van der Waals surface area contributed by atoms with Crippen molar-refractivity contribution in [3.8, 4) is 0 Å². The normalized spacial score (nSPS) is 27.2. The molecule has 0 aromatic heterocycles. The molecule has 1 heterocycles. The van der Waals surface area contributed by atoms with Gasteiger partial charge in [-0.3, -0.25) is 0 Å². The zero-order chi connectivity index (χ0) is 13.1. The molecule has 1 aromatic carbocycles. The van der Waals surface area contributed by atoms with E-state index in [4.69, 9.17) is 14.6 Å². The lowest BCUT2D eigenvalue weighted by Crippen LogP contribution is -2.24. The van der Waals surface area contributed by atoms with E-state index in [0.717, 1.165) is 5.56 Å². The van der Waals surface area contributed by atoms with Gasteiger partial charge in [-0.2, -0.15) is 0 Å². The predicted molar refractivity (Wildman–Crippen MR) is 63.0 cm³/mol. The first-order chi connectivity index (χ1) is 8.60. The molecule has 1 unspecified atom stereocenters. The fourth-order valence-corrected chi connectivity index (χ4v) is 1.81. The molecule has 5 nitrogen and oxygen atoms in total. The van der Waals surface area contributed by atoms with Gasteiger partial charge in [0.05, 0.1) is 18.3 Å². The molecule has 2 rings (SSSR count). The molecule has 1 saturated heterocycles. The molecule has 5 heteroatoms.